The molecule has 0 atom stereocenters. The van der Waals surface area contributed by atoms with E-state index in [-0.39, 0.29) is 17.3 Å². The van der Waals surface area contributed by atoms with Crippen LogP contribution < -0.4 is 11.0 Å². The number of amides is 1. The Bertz CT molecular complexity index is 1050. The maximum absolute atomic E-state index is 12.5. The molecule has 8 nitrogen and oxygen atoms in total. The fourth-order valence-electron chi connectivity index (χ4n) is 2.86. The Morgan fingerprint density at radius 2 is 2.04 bits per heavy atom. The van der Waals surface area contributed by atoms with Crippen molar-refractivity contribution in [1.29, 1.82) is 0 Å². The van der Waals surface area contributed by atoms with Crippen LogP contribution in [-0.4, -0.2) is 36.2 Å². The van der Waals surface area contributed by atoms with Gasteiger partial charge in [0.1, 0.15) is 5.82 Å². The Labute approximate surface area is 167 Å². The normalized spacial score (nSPS) is 11.0. The molecule has 0 radical (unpaired) electrons. The van der Waals surface area contributed by atoms with E-state index in [2.05, 4.69) is 20.6 Å². The van der Waals surface area contributed by atoms with Gasteiger partial charge >= 0.3 is 5.69 Å². The molecule has 0 unspecified atom stereocenters. The van der Waals surface area contributed by atoms with Crippen molar-refractivity contribution in [1.82, 2.24) is 24.5 Å². The third kappa shape index (κ3) is 4.36. The fourth-order valence-corrected chi connectivity index (χ4v) is 3.64. The van der Waals surface area contributed by atoms with Crippen LogP contribution in [0, 0.1) is 20.8 Å². The highest BCUT2D eigenvalue weighted by atomic mass is 32.2. The zero-order valence-electron chi connectivity index (χ0n) is 16.4. The summed E-state index contributed by atoms with van der Waals surface area (Å²) in [5.74, 6) is 0.574. The fraction of sp³-hybridized carbons (Fsp3) is 0.368. The molecule has 28 heavy (non-hydrogen) atoms. The van der Waals surface area contributed by atoms with Gasteiger partial charge in [0.15, 0.2) is 5.16 Å². The minimum Gasteiger partial charge on any atom is -0.310 e. The summed E-state index contributed by atoms with van der Waals surface area (Å²) in [4.78, 5) is 24.3. The van der Waals surface area contributed by atoms with Crippen LogP contribution >= 0.6 is 11.8 Å². The molecule has 3 aromatic rings. The van der Waals surface area contributed by atoms with Gasteiger partial charge in [0, 0.05) is 12.6 Å². The van der Waals surface area contributed by atoms with Gasteiger partial charge in [0.05, 0.1) is 17.1 Å². The molecule has 2 N–H and O–H groups in total. The lowest BCUT2D eigenvalue weighted by molar-refractivity contribution is -0.113. The molecule has 3 rings (SSSR count). The van der Waals surface area contributed by atoms with Crippen molar-refractivity contribution >= 4 is 23.5 Å². The number of aromatic amines is 1. The molecule has 0 aliphatic heterocycles. The average molecular weight is 401 g/mol. The number of H-pyrrole nitrogens is 1. The van der Waals surface area contributed by atoms with Crippen LogP contribution in [0.25, 0.3) is 5.69 Å². The maximum atomic E-state index is 12.5. The third-order valence-electron chi connectivity index (χ3n) is 4.19. The summed E-state index contributed by atoms with van der Waals surface area (Å²) in [5.41, 5.74) is 3.68. The van der Waals surface area contributed by atoms with Crippen LogP contribution in [0.5, 0.6) is 0 Å². The first-order valence-corrected chi connectivity index (χ1v) is 10.1. The van der Waals surface area contributed by atoms with E-state index in [1.165, 1.54) is 11.8 Å². The lowest BCUT2D eigenvalue weighted by atomic mass is 10.1. The molecule has 0 saturated heterocycles. The van der Waals surface area contributed by atoms with Gasteiger partial charge in [-0.15, -0.1) is 5.10 Å². The largest absolute Gasteiger partial charge is 0.343 e. The number of benzene rings is 1. The Hall–Kier alpha value is -2.81. The van der Waals surface area contributed by atoms with Crippen molar-refractivity contribution in [2.75, 3.05) is 11.1 Å². The van der Waals surface area contributed by atoms with E-state index in [1.54, 1.807) is 9.25 Å². The SMILES string of the molecule is CCCn1c(SCC(=O)Nc2cc(C)nn2-c2cc(C)ccc2C)n[nH]c1=O. The number of carbonyl (C=O) groups excluding carboxylic acids is 1. The lowest BCUT2D eigenvalue weighted by Crippen LogP contribution is -2.19. The van der Waals surface area contributed by atoms with E-state index in [1.807, 2.05) is 52.0 Å². The van der Waals surface area contributed by atoms with Crippen molar-refractivity contribution < 1.29 is 4.79 Å². The number of rotatable bonds is 7. The standard InChI is InChI=1S/C19H24N6O2S/c1-5-8-24-18(27)21-22-19(24)28-11-17(26)20-16-10-14(4)23-25(16)15-9-12(2)6-7-13(15)3/h6-7,9-10H,5,8,11H2,1-4H3,(H,20,26)(H,21,27). The van der Waals surface area contributed by atoms with Gasteiger partial charge in [-0.1, -0.05) is 30.8 Å². The summed E-state index contributed by atoms with van der Waals surface area (Å²) in [7, 11) is 0. The second kappa shape index (κ2) is 8.47. The van der Waals surface area contributed by atoms with Crippen molar-refractivity contribution in [2.45, 2.75) is 45.8 Å². The van der Waals surface area contributed by atoms with Gasteiger partial charge in [-0.25, -0.2) is 14.6 Å². The second-order valence-electron chi connectivity index (χ2n) is 6.67. The minimum atomic E-state index is -0.256. The van der Waals surface area contributed by atoms with Gasteiger partial charge in [-0.3, -0.25) is 9.36 Å². The molecular weight excluding hydrogens is 376 g/mol. The number of hydrogen-bond donors (Lipinski definition) is 2. The first-order valence-electron chi connectivity index (χ1n) is 9.11. The topological polar surface area (TPSA) is 97.6 Å². The van der Waals surface area contributed by atoms with Gasteiger partial charge in [-0.2, -0.15) is 5.10 Å². The van der Waals surface area contributed by atoms with Crippen LogP contribution in [0.15, 0.2) is 34.2 Å². The third-order valence-corrected chi connectivity index (χ3v) is 5.17. The summed E-state index contributed by atoms with van der Waals surface area (Å²) >= 11 is 1.23. The van der Waals surface area contributed by atoms with E-state index in [0.29, 0.717) is 17.5 Å². The van der Waals surface area contributed by atoms with E-state index < -0.39 is 0 Å². The Kier molecular flexibility index (Phi) is 6.03. The molecule has 148 valence electrons. The first kappa shape index (κ1) is 19.9. The summed E-state index contributed by atoms with van der Waals surface area (Å²) in [6.45, 7) is 8.47. The number of hydrogen-bond acceptors (Lipinski definition) is 5. The maximum Gasteiger partial charge on any atom is 0.343 e. The predicted molar refractivity (Wildman–Crippen MR) is 110 cm³/mol. The van der Waals surface area contributed by atoms with Crippen LogP contribution in [0.2, 0.25) is 0 Å². The molecule has 0 bridgehead atoms. The molecule has 1 amide bonds. The van der Waals surface area contributed by atoms with Crippen LogP contribution in [0.4, 0.5) is 5.82 Å². The van der Waals surface area contributed by atoms with E-state index >= 15 is 0 Å². The zero-order chi connectivity index (χ0) is 20.3. The lowest BCUT2D eigenvalue weighted by Gasteiger charge is -2.12. The Balaban J connectivity index is 1.75. The highest BCUT2D eigenvalue weighted by Crippen LogP contribution is 2.22. The summed E-state index contributed by atoms with van der Waals surface area (Å²) in [6.07, 6.45) is 0.813. The molecule has 2 aromatic heterocycles. The average Bonchev–Trinajstić information content (AvgIpc) is 3.18. The minimum absolute atomic E-state index is 0.144. The highest BCUT2D eigenvalue weighted by Gasteiger charge is 2.15. The number of aryl methyl sites for hydroxylation is 3. The number of aromatic nitrogens is 5. The predicted octanol–water partition coefficient (Wildman–Crippen LogP) is 2.82. The Morgan fingerprint density at radius 1 is 1.25 bits per heavy atom. The number of nitrogens with one attached hydrogen (secondary N) is 2. The monoisotopic (exact) mass is 400 g/mol. The van der Waals surface area contributed by atoms with E-state index in [4.69, 9.17) is 0 Å². The smallest absolute Gasteiger partial charge is 0.310 e. The van der Waals surface area contributed by atoms with Crippen LogP contribution in [0.3, 0.4) is 0 Å². The highest BCUT2D eigenvalue weighted by molar-refractivity contribution is 7.99. The number of carbonyl (C=O) groups is 1. The molecule has 1 aromatic carbocycles. The van der Waals surface area contributed by atoms with Gasteiger partial charge in [0.2, 0.25) is 5.91 Å². The molecule has 2 heterocycles. The molecule has 0 saturated carbocycles. The molecule has 0 aliphatic carbocycles. The van der Waals surface area contributed by atoms with Gasteiger partial charge < -0.3 is 5.32 Å². The molecule has 0 spiro atoms. The molecule has 0 aliphatic rings. The molecule has 9 heteroatoms. The van der Waals surface area contributed by atoms with Crippen molar-refractivity contribution in [3.63, 3.8) is 0 Å². The number of anilines is 1. The van der Waals surface area contributed by atoms with Crippen LogP contribution in [0.1, 0.15) is 30.2 Å². The zero-order valence-corrected chi connectivity index (χ0v) is 17.3. The van der Waals surface area contributed by atoms with Crippen LogP contribution in [-0.2, 0) is 11.3 Å². The van der Waals surface area contributed by atoms with Gasteiger partial charge in [0.25, 0.3) is 0 Å². The van der Waals surface area contributed by atoms with Crippen molar-refractivity contribution in [3.8, 4) is 5.69 Å². The summed E-state index contributed by atoms with van der Waals surface area (Å²) in [6, 6.07) is 7.96. The second-order valence-corrected chi connectivity index (χ2v) is 7.62. The first-order chi connectivity index (χ1) is 13.4. The summed E-state index contributed by atoms with van der Waals surface area (Å²) in [5, 5.41) is 14.4. The number of nitrogens with zero attached hydrogens (tertiary/aromatic N) is 4. The Morgan fingerprint density at radius 3 is 2.79 bits per heavy atom. The van der Waals surface area contributed by atoms with E-state index in [0.717, 1.165) is 28.9 Å². The quantitative estimate of drug-likeness (QED) is 0.595. The number of thioether (sulfide) groups is 1. The van der Waals surface area contributed by atoms with Crippen molar-refractivity contribution in [2.24, 2.45) is 0 Å². The van der Waals surface area contributed by atoms with E-state index in [9.17, 15) is 9.59 Å². The molecular formula is C19H24N6O2S. The van der Waals surface area contributed by atoms with Gasteiger partial charge in [-0.05, 0) is 44.4 Å². The van der Waals surface area contributed by atoms with Crippen molar-refractivity contribution in [3.05, 3.63) is 51.6 Å². The molecule has 0 fully saturated rings. The summed E-state index contributed by atoms with van der Waals surface area (Å²) < 4.78 is 3.30.